The number of hydrogen-bond acceptors (Lipinski definition) is 6. The largest absolute Gasteiger partial charge is 0.493 e. The van der Waals surface area contributed by atoms with Crippen molar-refractivity contribution in [2.24, 2.45) is 0 Å². The molecule has 0 fully saturated rings. The first-order valence-electron chi connectivity index (χ1n) is 7.70. The molecule has 7 nitrogen and oxygen atoms in total. The number of anilines is 1. The maximum absolute atomic E-state index is 12.5. The van der Waals surface area contributed by atoms with E-state index >= 15 is 0 Å². The van der Waals surface area contributed by atoms with E-state index in [1.165, 1.54) is 11.8 Å². The smallest absolute Gasteiger partial charge is 0.237 e. The molecule has 0 saturated carbocycles. The van der Waals surface area contributed by atoms with Crippen LogP contribution in [0.25, 0.3) is 0 Å². The van der Waals surface area contributed by atoms with Gasteiger partial charge in [-0.05, 0) is 26.0 Å². The number of ether oxygens (including phenoxy) is 2. The Labute approximate surface area is 151 Å². The van der Waals surface area contributed by atoms with E-state index in [1.807, 2.05) is 18.4 Å². The zero-order valence-corrected chi connectivity index (χ0v) is 15.6. The van der Waals surface area contributed by atoms with Crippen molar-refractivity contribution in [2.75, 3.05) is 19.5 Å². The lowest BCUT2D eigenvalue weighted by Crippen LogP contribution is -2.23. The highest BCUT2D eigenvalue weighted by molar-refractivity contribution is 8.00. The number of aromatic nitrogens is 3. The van der Waals surface area contributed by atoms with Gasteiger partial charge in [0.15, 0.2) is 16.7 Å². The zero-order valence-electron chi connectivity index (χ0n) is 14.8. The molecule has 8 heteroatoms. The summed E-state index contributed by atoms with van der Waals surface area (Å²) in [4.78, 5) is 12.5. The van der Waals surface area contributed by atoms with Crippen LogP contribution < -0.4 is 14.8 Å². The average molecular weight is 362 g/mol. The molecule has 1 heterocycles. The first-order valence-corrected chi connectivity index (χ1v) is 8.58. The number of thioether (sulfide) groups is 1. The van der Waals surface area contributed by atoms with Crippen molar-refractivity contribution in [2.45, 2.75) is 30.8 Å². The van der Waals surface area contributed by atoms with Crippen molar-refractivity contribution in [1.82, 2.24) is 14.8 Å². The van der Waals surface area contributed by atoms with E-state index in [0.29, 0.717) is 28.9 Å². The minimum absolute atomic E-state index is 0.136. The summed E-state index contributed by atoms with van der Waals surface area (Å²) in [7, 11) is 3.12. The molecule has 1 aromatic carbocycles. The Morgan fingerprint density at radius 2 is 2.08 bits per heavy atom. The third-order valence-electron chi connectivity index (χ3n) is 3.52. The molecule has 0 aliphatic rings. The monoisotopic (exact) mass is 362 g/mol. The van der Waals surface area contributed by atoms with Crippen molar-refractivity contribution in [1.29, 1.82) is 0 Å². The molecular formula is C17H22N4O3S. The second kappa shape index (κ2) is 8.57. The van der Waals surface area contributed by atoms with E-state index in [4.69, 9.17) is 9.47 Å². The second-order valence-corrected chi connectivity index (χ2v) is 6.56. The van der Waals surface area contributed by atoms with Gasteiger partial charge in [0.05, 0.1) is 19.5 Å². The Bertz CT molecular complexity index is 760. The van der Waals surface area contributed by atoms with Gasteiger partial charge in [0.2, 0.25) is 5.91 Å². The number of rotatable bonds is 8. The molecule has 0 saturated heterocycles. The quantitative estimate of drug-likeness (QED) is 0.575. The van der Waals surface area contributed by atoms with Gasteiger partial charge >= 0.3 is 0 Å². The van der Waals surface area contributed by atoms with E-state index < -0.39 is 0 Å². The third kappa shape index (κ3) is 4.54. The van der Waals surface area contributed by atoms with Gasteiger partial charge in [-0.2, -0.15) is 0 Å². The summed E-state index contributed by atoms with van der Waals surface area (Å²) >= 11 is 1.35. The summed E-state index contributed by atoms with van der Waals surface area (Å²) in [5, 5.41) is 11.4. The molecule has 2 rings (SSSR count). The number of carbonyl (C=O) groups excluding carboxylic acids is 1. The van der Waals surface area contributed by atoms with Gasteiger partial charge in [0.25, 0.3) is 0 Å². The van der Waals surface area contributed by atoms with Crippen LogP contribution in [0.4, 0.5) is 5.69 Å². The molecule has 2 aromatic rings. The number of nitrogens with zero attached hydrogens (tertiary/aromatic N) is 3. The maximum atomic E-state index is 12.5. The molecule has 1 aromatic heterocycles. The van der Waals surface area contributed by atoms with Crippen molar-refractivity contribution in [3.63, 3.8) is 0 Å². The second-order valence-electron chi connectivity index (χ2n) is 5.25. The minimum Gasteiger partial charge on any atom is -0.493 e. The van der Waals surface area contributed by atoms with Crippen LogP contribution in [-0.4, -0.2) is 40.1 Å². The number of hydrogen-bond donors (Lipinski definition) is 1. The first-order chi connectivity index (χ1) is 12.0. The SMILES string of the molecule is C=CCn1c(C)nnc1S[C@@H](C)C(=O)Nc1ccc(OC)c(OC)c1. The van der Waals surface area contributed by atoms with Crippen LogP contribution in [0.1, 0.15) is 12.7 Å². The highest BCUT2D eigenvalue weighted by atomic mass is 32.2. The molecule has 1 atom stereocenters. The van der Waals surface area contributed by atoms with E-state index in [2.05, 4.69) is 22.1 Å². The molecule has 1 amide bonds. The fraction of sp³-hybridized carbons (Fsp3) is 0.353. The number of aryl methyl sites for hydroxylation is 1. The van der Waals surface area contributed by atoms with Gasteiger partial charge in [-0.3, -0.25) is 4.79 Å². The summed E-state index contributed by atoms with van der Waals surface area (Å²) in [6.07, 6.45) is 1.77. The molecule has 0 unspecified atom stereocenters. The fourth-order valence-electron chi connectivity index (χ4n) is 2.16. The Kier molecular flexibility index (Phi) is 6.46. The van der Waals surface area contributed by atoms with Crippen LogP contribution >= 0.6 is 11.8 Å². The molecule has 0 aliphatic heterocycles. The predicted octanol–water partition coefficient (Wildman–Crippen LogP) is 2.91. The lowest BCUT2D eigenvalue weighted by atomic mass is 10.2. The van der Waals surface area contributed by atoms with Gasteiger partial charge in [0.1, 0.15) is 5.82 Å². The topological polar surface area (TPSA) is 78.3 Å². The molecule has 1 N–H and O–H groups in total. The van der Waals surface area contributed by atoms with E-state index in [-0.39, 0.29) is 11.2 Å². The maximum Gasteiger partial charge on any atom is 0.237 e. The van der Waals surface area contributed by atoms with Crippen LogP contribution in [-0.2, 0) is 11.3 Å². The van der Waals surface area contributed by atoms with E-state index in [1.54, 1.807) is 38.5 Å². The predicted molar refractivity (Wildman–Crippen MR) is 98.5 cm³/mol. The lowest BCUT2D eigenvalue weighted by Gasteiger charge is -2.14. The summed E-state index contributed by atoms with van der Waals surface area (Å²) < 4.78 is 12.4. The van der Waals surface area contributed by atoms with Gasteiger partial charge in [-0.1, -0.05) is 17.8 Å². The van der Waals surface area contributed by atoms with Crippen LogP contribution in [0.5, 0.6) is 11.5 Å². The summed E-state index contributed by atoms with van der Waals surface area (Å²) in [6, 6.07) is 5.23. The van der Waals surface area contributed by atoms with Crippen molar-refractivity contribution < 1.29 is 14.3 Å². The van der Waals surface area contributed by atoms with Crippen molar-refractivity contribution in [3.05, 3.63) is 36.7 Å². The number of methoxy groups -OCH3 is 2. The average Bonchev–Trinajstić information content (AvgIpc) is 2.95. The molecular weight excluding hydrogens is 340 g/mol. The molecule has 0 spiro atoms. The van der Waals surface area contributed by atoms with Crippen LogP contribution in [0.3, 0.4) is 0 Å². The Balaban J connectivity index is 2.07. The number of carbonyl (C=O) groups is 1. The highest BCUT2D eigenvalue weighted by Gasteiger charge is 2.19. The molecule has 0 aliphatic carbocycles. The first kappa shape index (κ1) is 18.9. The standard InChI is InChI=1S/C17H22N4O3S/c1-6-9-21-12(3)19-20-17(21)25-11(2)16(22)18-13-7-8-14(23-4)15(10-13)24-5/h6-8,10-11H,1,9H2,2-5H3,(H,18,22)/t11-/m0/s1. The summed E-state index contributed by atoms with van der Waals surface area (Å²) in [6.45, 7) is 8.03. The van der Waals surface area contributed by atoms with Crippen LogP contribution in [0.2, 0.25) is 0 Å². The third-order valence-corrected chi connectivity index (χ3v) is 4.60. The Hall–Kier alpha value is -2.48. The number of amides is 1. The van der Waals surface area contributed by atoms with Gasteiger partial charge in [0, 0.05) is 18.3 Å². The van der Waals surface area contributed by atoms with Crippen molar-refractivity contribution in [3.8, 4) is 11.5 Å². The number of allylic oxidation sites excluding steroid dienone is 1. The van der Waals surface area contributed by atoms with Gasteiger partial charge in [-0.25, -0.2) is 0 Å². The van der Waals surface area contributed by atoms with E-state index in [9.17, 15) is 4.79 Å². The molecule has 0 radical (unpaired) electrons. The minimum atomic E-state index is -0.347. The molecule has 25 heavy (non-hydrogen) atoms. The van der Waals surface area contributed by atoms with Gasteiger partial charge < -0.3 is 19.4 Å². The number of nitrogens with one attached hydrogen (secondary N) is 1. The highest BCUT2D eigenvalue weighted by Crippen LogP contribution is 2.30. The van der Waals surface area contributed by atoms with Crippen LogP contribution in [0.15, 0.2) is 36.0 Å². The molecule has 134 valence electrons. The molecule has 0 bridgehead atoms. The Morgan fingerprint density at radius 1 is 1.36 bits per heavy atom. The zero-order chi connectivity index (χ0) is 18.4. The Morgan fingerprint density at radius 3 is 2.72 bits per heavy atom. The lowest BCUT2D eigenvalue weighted by molar-refractivity contribution is -0.115. The van der Waals surface area contributed by atoms with Gasteiger partial charge in [-0.15, -0.1) is 16.8 Å². The summed E-state index contributed by atoms with van der Waals surface area (Å²) in [5.41, 5.74) is 0.638. The normalized spacial score (nSPS) is 11.7. The van der Waals surface area contributed by atoms with Crippen LogP contribution in [0, 0.1) is 6.92 Å². The summed E-state index contributed by atoms with van der Waals surface area (Å²) in [5.74, 6) is 1.82. The number of benzene rings is 1. The van der Waals surface area contributed by atoms with E-state index in [0.717, 1.165) is 5.82 Å². The van der Waals surface area contributed by atoms with Crippen molar-refractivity contribution >= 4 is 23.4 Å². The fourth-order valence-corrected chi connectivity index (χ4v) is 3.06.